The van der Waals surface area contributed by atoms with E-state index in [0.29, 0.717) is 10.7 Å². The molecule has 0 aliphatic carbocycles. The van der Waals surface area contributed by atoms with Gasteiger partial charge in [-0.3, -0.25) is 0 Å². The molecule has 0 saturated heterocycles. The van der Waals surface area contributed by atoms with Crippen LogP contribution in [0.4, 0.5) is 11.5 Å². The normalized spacial score (nSPS) is 10.8. The fraction of sp³-hybridized carbons (Fsp3) is 0.316. The third-order valence-corrected chi connectivity index (χ3v) is 5.31. The first kappa shape index (κ1) is 17.4. The van der Waals surface area contributed by atoms with Crippen LogP contribution in [0.3, 0.4) is 0 Å². The Labute approximate surface area is 151 Å². The number of methoxy groups -OCH3 is 1. The lowest BCUT2D eigenvalue weighted by molar-refractivity contribution is 0.0605. The number of hydrogen-bond acceptors (Lipinski definition) is 6. The molecule has 2 heterocycles. The summed E-state index contributed by atoms with van der Waals surface area (Å²) in [5.41, 5.74) is 3.14. The van der Waals surface area contributed by atoms with Crippen LogP contribution in [0.5, 0.6) is 0 Å². The van der Waals surface area contributed by atoms with Crippen molar-refractivity contribution in [2.24, 2.45) is 0 Å². The van der Waals surface area contributed by atoms with Crippen molar-refractivity contribution >= 4 is 39.0 Å². The number of nitrogens with one attached hydrogen (secondary N) is 1. The van der Waals surface area contributed by atoms with E-state index >= 15 is 0 Å². The van der Waals surface area contributed by atoms with Crippen LogP contribution in [0.25, 0.3) is 10.2 Å². The van der Waals surface area contributed by atoms with Gasteiger partial charge in [0.1, 0.15) is 21.9 Å². The number of carbonyl (C=O) groups is 1. The van der Waals surface area contributed by atoms with Crippen molar-refractivity contribution in [3.63, 3.8) is 0 Å². The van der Waals surface area contributed by atoms with Crippen molar-refractivity contribution in [3.8, 4) is 0 Å². The molecular formula is C19H21N3O2S. The second kappa shape index (κ2) is 7.61. The zero-order valence-corrected chi connectivity index (χ0v) is 15.4. The largest absolute Gasteiger partial charge is 0.465 e. The third kappa shape index (κ3) is 3.64. The van der Waals surface area contributed by atoms with Crippen molar-refractivity contribution in [1.29, 1.82) is 0 Å². The van der Waals surface area contributed by atoms with Crippen molar-refractivity contribution in [3.05, 3.63) is 46.6 Å². The Morgan fingerprint density at radius 1 is 1.24 bits per heavy atom. The number of nitrogens with zero attached hydrogens (tertiary/aromatic N) is 2. The Balaban J connectivity index is 1.91. The molecule has 130 valence electrons. The highest BCUT2D eigenvalue weighted by Gasteiger charge is 2.19. The molecule has 3 rings (SSSR count). The molecule has 1 N–H and O–H groups in total. The van der Waals surface area contributed by atoms with E-state index in [1.807, 2.05) is 6.92 Å². The second-order valence-electron chi connectivity index (χ2n) is 5.88. The Bertz CT molecular complexity index is 888. The molecule has 25 heavy (non-hydrogen) atoms. The minimum absolute atomic E-state index is 0.341. The van der Waals surface area contributed by atoms with Crippen molar-refractivity contribution < 1.29 is 9.53 Å². The lowest BCUT2D eigenvalue weighted by Crippen LogP contribution is -2.00. The summed E-state index contributed by atoms with van der Waals surface area (Å²) in [6.07, 6.45) is 5.00. The predicted molar refractivity (Wildman–Crippen MR) is 102 cm³/mol. The lowest BCUT2D eigenvalue weighted by Gasteiger charge is -2.08. The van der Waals surface area contributed by atoms with Gasteiger partial charge in [0, 0.05) is 5.69 Å². The van der Waals surface area contributed by atoms with Crippen LogP contribution in [0, 0.1) is 6.92 Å². The topological polar surface area (TPSA) is 64.1 Å². The molecule has 6 heteroatoms. The molecule has 0 atom stereocenters. The lowest BCUT2D eigenvalue weighted by atomic mass is 10.1. The van der Waals surface area contributed by atoms with Gasteiger partial charge in [-0.1, -0.05) is 25.5 Å². The van der Waals surface area contributed by atoms with E-state index in [1.54, 1.807) is 0 Å². The molecule has 0 saturated carbocycles. The number of esters is 1. The van der Waals surface area contributed by atoms with Crippen LogP contribution >= 0.6 is 11.3 Å². The van der Waals surface area contributed by atoms with Gasteiger partial charge in [0.05, 0.1) is 12.5 Å². The van der Waals surface area contributed by atoms with Gasteiger partial charge >= 0.3 is 5.97 Å². The zero-order chi connectivity index (χ0) is 17.8. The molecule has 0 amide bonds. The number of aromatic nitrogens is 2. The Kier molecular flexibility index (Phi) is 5.28. The molecule has 0 aliphatic rings. The van der Waals surface area contributed by atoms with Crippen LogP contribution in [0.1, 0.15) is 40.6 Å². The molecule has 0 unspecified atom stereocenters. The Morgan fingerprint density at radius 3 is 2.68 bits per heavy atom. The van der Waals surface area contributed by atoms with Gasteiger partial charge in [-0.2, -0.15) is 0 Å². The van der Waals surface area contributed by atoms with Gasteiger partial charge in [0.15, 0.2) is 0 Å². The molecule has 3 aromatic rings. The summed E-state index contributed by atoms with van der Waals surface area (Å²) in [5, 5.41) is 4.21. The number of aryl methyl sites for hydroxylation is 2. The van der Waals surface area contributed by atoms with Gasteiger partial charge < -0.3 is 10.1 Å². The van der Waals surface area contributed by atoms with E-state index in [2.05, 4.69) is 46.5 Å². The second-order valence-corrected chi connectivity index (χ2v) is 6.87. The summed E-state index contributed by atoms with van der Waals surface area (Å²) in [6.45, 7) is 4.09. The molecule has 0 aliphatic heterocycles. The maximum atomic E-state index is 11.9. The van der Waals surface area contributed by atoms with Crippen LogP contribution in [-0.4, -0.2) is 23.0 Å². The first-order valence-corrected chi connectivity index (χ1v) is 9.14. The average Bonchev–Trinajstić information content (AvgIpc) is 2.98. The quantitative estimate of drug-likeness (QED) is 0.639. The SMILES string of the molecule is CCCCc1ccc(Nc2ncnc3sc(C(=O)OC)c(C)c23)cc1. The molecule has 1 aromatic carbocycles. The maximum Gasteiger partial charge on any atom is 0.348 e. The van der Waals surface area contributed by atoms with Gasteiger partial charge in [-0.05, 0) is 43.0 Å². The van der Waals surface area contributed by atoms with E-state index in [9.17, 15) is 4.79 Å². The number of carbonyl (C=O) groups excluding carboxylic acids is 1. The third-order valence-electron chi connectivity index (χ3n) is 4.13. The number of rotatable bonds is 6. The molecule has 0 radical (unpaired) electrons. The summed E-state index contributed by atoms with van der Waals surface area (Å²) in [7, 11) is 1.39. The van der Waals surface area contributed by atoms with Gasteiger partial charge in [0.25, 0.3) is 0 Å². The van der Waals surface area contributed by atoms with E-state index in [1.165, 1.54) is 43.2 Å². The van der Waals surface area contributed by atoms with E-state index in [-0.39, 0.29) is 5.97 Å². The summed E-state index contributed by atoms with van der Waals surface area (Å²) < 4.78 is 4.85. The molecule has 5 nitrogen and oxygen atoms in total. The summed E-state index contributed by atoms with van der Waals surface area (Å²) in [5.74, 6) is 0.363. The number of hydrogen-bond donors (Lipinski definition) is 1. The first-order valence-electron chi connectivity index (χ1n) is 8.32. The fourth-order valence-corrected chi connectivity index (χ4v) is 3.79. The monoisotopic (exact) mass is 355 g/mol. The van der Waals surface area contributed by atoms with Crippen molar-refractivity contribution in [2.75, 3.05) is 12.4 Å². The van der Waals surface area contributed by atoms with Gasteiger partial charge in [-0.25, -0.2) is 14.8 Å². The number of benzene rings is 1. The minimum Gasteiger partial charge on any atom is -0.465 e. The van der Waals surface area contributed by atoms with Gasteiger partial charge in [0.2, 0.25) is 0 Å². The number of unbranched alkanes of at least 4 members (excludes halogenated alkanes) is 1. The molecule has 0 spiro atoms. The van der Waals surface area contributed by atoms with E-state index in [0.717, 1.165) is 27.9 Å². The molecule has 2 aromatic heterocycles. The highest BCUT2D eigenvalue weighted by Crippen LogP contribution is 2.34. The van der Waals surface area contributed by atoms with Crippen molar-refractivity contribution in [1.82, 2.24) is 9.97 Å². The van der Waals surface area contributed by atoms with Crippen LogP contribution < -0.4 is 5.32 Å². The maximum absolute atomic E-state index is 11.9. The standard InChI is InChI=1S/C19H21N3O2S/c1-4-5-6-13-7-9-14(10-8-13)22-17-15-12(2)16(19(23)24-3)25-18(15)21-11-20-17/h7-11H,4-6H2,1-3H3,(H,20,21,22). The highest BCUT2D eigenvalue weighted by molar-refractivity contribution is 7.20. The van der Waals surface area contributed by atoms with Crippen LogP contribution in [0.2, 0.25) is 0 Å². The number of thiophene rings is 1. The highest BCUT2D eigenvalue weighted by atomic mass is 32.1. The molecular weight excluding hydrogens is 334 g/mol. The fourth-order valence-electron chi connectivity index (χ4n) is 2.73. The summed E-state index contributed by atoms with van der Waals surface area (Å²) in [6, 6.07) is 8.39. The number of fused-ring (bicyclic) bond motifs is 1. The summed E-state index contributed by atoms with van der Waals surface area (Å²) in [4.78, 5) is 21.9. The predicted octanol–water partition coefficient (Wildman–Crippen LogP) is 4.87. The van der Waals surface area contributed by atoms with Gasteiger partial charge in [-0.15, -0.1) is 11.3 Å². The smallest absolute Gasteiger partial charge is 0.348 e. The van der Waals surface area contributed by atoms with E-state index < -0.39 is 0 Å². The van der Waals surface area contributed by atoms with E-state index in [4.69, 9.17) is 4.74 Å². The van der Waals surface area contributed by atoms with Crippen LogP contribution in [0.15, 0.2) is 30.6 Å². The zero-order valence-electron chi connectivity index (χ0n) is 14.6. The molecule has 0 bridgehead atoms. The first-order chi connectivity index (χ1) is 12.1. The minimum atomic E-state index is -0.341. The van der Waals surface area contributed by atoms with Crippen molar-refractivity contribution in [2.45, 2.75) is 33.1 Å². The summed E-state index contributed by atoms with van der Waals surface area (Å²) >= 11 is 1.33. The Hall–Kier alpha value is -2.47. The Morgan fingerprint density at radius 2 is 2.00 bits per heavy atom. The molecule has 0 fully saturated rings. The number of ether oxygens (including phenoxy) is 1. The van der Waals surface area contributed by atoms with Crippen LogP contribution in [-0.2, 0) is 11.2 Å². The average molecular weight is 355 g/mol. The number of anilines is 2.